The summed E-state index contributed by atoms with van der Waals surface area (Å²) in [5, 5.41) is 5.77. The van der Waals surface area contributed by atoms with Crippen molar-refractivity contribution in [2.24, 2.45) is 0 Å². The maximum absolute atomic E-state index is 13.0. The number of methoxy groups -OCH3 is 1. The Balaban J connectivity index is 1.60. The van der Waals surface area contributed by atoms with Gasteiger partial charge in [-0.3, -0.25) is 4.90 Å². The third kappa shape index (κ3) is 5.20. The molecule has 2 heterocycles. The van der Waals surface area contributed by atoms with Crippen molar-refractivity contribution < 1.29 is 19.1 Å². The van der Waals surface area contributed by atoms with Crippen molar-refractivity contribution in [3.63, 3.8) is 0 Å². The molecule has 0 aromatic heterocycles. The Morgan fingerprint density at radius 3 is 2.45 bits per heavy atom. The lowest BCUT2D eigenvalue weighted by Crippen LogP contribution is -2.48. The Kier molecular flexibility index (Phi) is 6.99. The lowest BCUT2D eigenvalue weighted by Gasteiger charge is -2.31. The predicted octanol–water partition coefficient (Wildman–Crippen LogP) is 3.66. The van der Waals surface area contributed by atoms with Crippen LogP contribution in [-0.2, 0) is 9.53 Å². The molecule has 2 aromatic rings. The van der Waals surface area contributed by atoms with Crippen LogP contribution in [0.5, 0.6) is 5.75 Å². The van der Waals surface area contributed by atoms with E-state index in [-0.39, 0.29) is 12.6 Å². The highest BCUT2D eigenvalue weighted by molar-refractivity contribution is 5.95. The molecular weight excluding hydrogens is 418 g/mol. The Labute approximate surface area is 194 Å². The summed E-state index contributed by atoms with van der Waals surface area (Å²) < 4.78 is 10.6. The first-order valence-corrected chi connectivity index (χ1v) is 11.4. The molecule has 0 spiro atoms. The van der Waals surface area contributed by atoms with Crippen LogP contribution in [0.15, 0.2) is 59.8 Å². The number of nitrogens with zero attached hydrogens (tertiary/aromatic N) is 1. The van der Waals surface area contributed by atoms with E-state index in [1.54, 1.807) is 14.0 Å². The fourth-order valence-corrected chi connectivity index (χ4v) is 4.55. The lowest BCUT2D eigenvalue weighted by molar-refractivity contribution is -0.139. The second-order valence-electron chi connectivity index (χ2n) is 8.55. The van der Waals surface area contributed by atoms with E-state index in [4.69, 9.17) is 9.47 Å². The minimum atomic E-state index is -0.589. The predicted molar refractivity (Wildman–Crippen MR) is 126 cm³/mol. The van der Waals surface area contributed by atoms with Crippen LogP contribution in [0.1, 0.15) is 42.0 Å². The van der Waals surface area contributed by atoms with E-state index in [1.165, 1.54) is 11.1 Å². The molecule has 1 fully saturated rings. The van der Waals surface area contributed by atoms with Crippen LogP contribution in [-0.4, -0.2) is 50.3 Å². The van der Waals surface area contributed by atoms with Crippen LogP contribution in [0, 0.1) is 6.92 Å². The van der Waals surface area contributed by atoms with Crippen LogP contribution >= 0.6 is 0 Å². The topological polar surface area (TPSA) is 79.9 Å². The highest BCUT2D eigenvalue weighted by Crippen LogP contribution is 2.32. The highest BCUT2D eigenvalue weighted by atomic mass is 16.5. The van der Waals surface area contributed by atoms with Gasteiger partial charge in [-0.15, -0.1) is 0 Å². The van der Waals surface area contributed by atoms with Crippen molar-refractivity contribution in [1.82, 2.24) is 15.5 Å². The number of hydrogen-bond donors (Lipinski definition) is 2. The van der Waals surface area contributed by atoms with Gasteiger partial charge < -0.3 is 20.1 Å². The fourth-order valence-electron chi connectivity index (χ4n) is 4.55. The van der Waals surface area contributed by atoms with Gasteiger partial charge in [0.1, 0.15) is 5.75 Å². The summed E-state index contributed by atoms with van der Waals surface area (Å²) in [5.74, 6) is 0.724. The molecule has 1 saturated heterocycles. The van der Waals surface area contributed by atoms with Gasteiger partial charge in [-0.25, -0.2) is 9.59 Å². The maximum atomic E-state index is 13.0. The Bertz CT molecular complexity index is 1030. The summed E-state index contributed by atoms with van der Waals surface area (Å²) in [4.78, 5) is 27.8. The molecule has 0 unspecified atom stereocenters. The smallest absolute Gasteiger partial charge is 0.338 e. The molecule has 2 aliphatic heterocycles. The standard InChI is InChI=1S/C26H31N3O4/c1-4-33-25(30)23-22(16-29-14-13-20(15-29)18-7-5-17(2)6-8-18)27-26(31)28-24(23)19-9-11-21(32-3)12-10-19/h5-12,20,24H,4,13-16H2,1-3H3,(H2,27,28,31)/t20-,24+/m0/s1. The van der Waals surface area contributed by atoms with Gasteiger partial charge >= 0.3 is 12.0 Å². The van der Waals surface area contributed by atoms with Gasteiger partial charge in [-0.2, -0.15) is 0 Å². The van der Waals surface area contributed by atoms with Gasteiger partial charge in [0.05, 0.1) is 25.3 Å². The Morgan fingerprint density at radius 1 is 1.09 bits per heavy atom. The average molecular weight is 450 g/mol. The Morgan fingerprint density at radius 2 is 1.79 bits per heavy atom. The number of nitrogens with one attached hydrogen (secondary N) is 2. The number of likely N-dealkylation sites (tertiary alicyclic amines) is 1. The molecule has 7 nitrogen and oxygen atoms in total. The number of benzene rings is 2. The van der Waals surface area contributed by atoms with Gasteiger partial charge in [0.15, 0.2) is 0 Å². The van der Waals surface area contributed by atoms with E-state index in [0.29, 0.717) is 29.5 Å². The molecule has 0 bridgehead atoms. The number of carbonyl (C=O) groups excluding carboxylic acids is 2. The molecule has 174 valence electrons. The van der Waals surface area contributed by atoms with Crippen molar-refractivity contribution >= 4 is 12.0 Å². The summed E-state index contributed by atoms with van der Waals surface area (Å²) in [6.07, 6.45) is 1.04. The molecule has 0 radical (unpaired) electrons. The van der Waals surface area contributed by atoms with Crippen LogP contribution in [0.2, 0.25) is 0 Å². The zero-order valence-electron chi connectivity index (χ0n) is 19.4. The fraction of sp³-hybridized carbons (Fsp3) is 0.385. The number of esters is 1. The van der Waals surface area contributed by atoms with Gasteiger partial charge in [-0.1, -0.05) is 42.0 Å². The van der Waals surface area contributed by atoms with Gasteiger partial charge in [0.25, 0.3) is 0 Å². The zero-order valence-corrected chi connectivity index (χ0v) is 19.4. The molecule has 2 amide bonds. The molecular formula is C26H31N3O4. The molecule has 2 N–H and O–H groups in total. The van der Waals surface area contributed by atoms with Crippen molar-refractivity contribution in [2.75, 3.05) is 33.4 Å². The van der Waals surface area contributed by atoms with Crippen LogP contribution in [0.3, 0.4) is 0 Å². The number of urea groups is 1. The quantitative estimate of drug-likeness (QED) is 0.631. The SMILES string of the molecule is CCOC(=O)C1=C(CN2CC[C@H](c3ccc(C)cc3)C2)NC(=O)N[C@@H]1c1ccc(OC)cc1. The highest BCUT2D eigenvalue weighted by Gasteiger charge is 2.35. The molecule has 0 aliphatic carbocycles. The molecule has 4 rings (SSSR count). The first-order valence-electron chi connectivity index (χ1n) is 11.4. The summed E-state index contributed by atoms with van der Waals surface area (Å²) in [6, 6.07) is 15.1. The van der Waals surface area contributed by atoms with Gasteiger partial charge in [0.2, 0.25) is 0 Å². The van der Waals surface area contributed by atoms with E-state index < -0.39 is 12.0 Å². The van der Waals surface area contributed by atoms with Gasteiger partial charge in [0, 0.05) is 18.8 Å². The van der Waals surface area contributed by atoms with Crippen molar-refractivity contribution in [3.8, 4) is 5.75 Å². The van der Waals surface area contributed by atoms with E-state index in [2.05, 4.69) is 46.7 Å². The summed E-state index contributed by atoms with van der Waals surface area (Å²) in [6.45, 7) is 6.39. The number of ether oxygens (including phenoxy) is 2. The normalized spacial score (nSPS) is 20.9. The molecule has 2 atom stereocenters. The van der Waals surface area contributed by atoms with E-state index in [0.717, 1.165) is 25.1 Å². The molecule has 2 aromatic carbocycles. The number of aryl methyl sites for hydroxylation is 1. The van der Waals surface area contributed by atoms with Crippen molar-refractivity contribution in [2.45, 2.75) is 32.2 Å². The van der Waals surface area contributed by atoms with Crippen LogP contribution < -0.4 is 15.4 Å². The van der Waals surface area contributed by atoms with E-state index >= 15 is 0 Å². The maximum Gasteiger partial charge on any atom is 0.338 e. The molecule has 0 saturated carbocycles. The van der Waals surface area contributed by atoms with Crippen LogP contribution in [0.4, 0.5) is 4.79 Å². The van der Waals surface area contributed by atoms with Gasteiger partial charge in [-0.05, 0) is 56.0 Å². The molecule has 7 heteroatoms. The second kappa shape index (κ2) is 10.1. The molecule has 2 aliphatic rings. The van der Waals surface area contributed by atoms with E-state index in [9.17, 15) is 9.59 Å². The summed E-state index contributed by atoms with van der Waals surface area (Å²) >= 11 is 0. The van der Waals surface area contributed by atoms with Crippen molar-refractivity contribution in [1.29, 1.82) is 0 Å². The number of amides is 2. The average Bonchev–Trinajstić information content (AvgIpc) is 3.27. The third-order valence-corrected chi connectivity index (χ3v) is 6.30. The second-order valence-corrected chi connectivity index (χ2v) is 8.55. The first-order chi connectivity index (χ1) is 16.0. The number of hydrogen-bond acceptors (Lipinski definition) is 5. The summed E-state index contributed by atoms with van der Waals surface area (Å²) in [7, 11) is 1.60. The molecule has 33 heavy (non-hydrogen) atoms. The minimum absolute atomic E-state index is 0.262. The lowest BCUT2D eigenvalue weighted by atomic mass is 9.95. The number of rotatable bonds is 7. The van der Waals surface area contributed by atoms with Crippen molar-refractivity contribution in [3.05, 3.63) is 76.5 Å². The zero-order chi connectivity index (χ0) is 23.4. The summed E-state index contributed by atoms with van der Waals surface area (Å²) in [5.41, 5.74) is 4.42. The first kappa shape index (κ1) is 22.9. The van der Waals surface area contributed by atoms with Crippen LogP contribution in [0.25, 0.3) is 0 Å². The number of carbonyl (C=O) groups is 2. The monoisotopic (exact) mass is 449 g/mol. The van der Waals surface area contributed by atoms with E-state index in [1.807, 2.05) is 24.3 Å². The Hall–Kier alpha value is -3.32. The largest absolute Gasteiger partial charge is 0.497 e. The minimum Gasteiger partial charge on any atom is -0.497 e. The third-order valence-electron chi connectivity index (χ3n) is 6.30.